The first-order valence-electron chi connectivity index (χ1n) is 7.91. The minimum atomic E-state index is -0.294. The highest BCUT2D eigenvalue weighted by Gasteiger charge is 2.05. The van der Waals surface area contributed by atoms with Crippen LogP contribution in [0.2, 0.25) is 5.15 Å². The van der Waals surface area contributed by atoms with Crippen molar-refractivity contribution in [2.75, 3.05) is 19.0 Å². The minimum absolute atomic E-state index is 0.0570. The van der Waals surface area contributed by atoms with E-state index in [-0.39, 0.29) is 12.5 Å². The molecule has 1 aromatic heterocycles. The highest BCUT2D eigenvalue weighted by Crippen LogP contribution is 2.22. The number of nitrogens with one attached hydrogen (secondary N) is 2. The third-order valence-corrected chi connectivity index (χ3v) is 3.95. The number of halogens is 1. The lowest BCUT2D eigenvalue weighted by atomic mass is 10.2. The molecule has 6 nitrogen and oxygen atoms in total. The van der Waals surface area contributed by atoms with Gasteiger partial charge in [-0.3, -0.25) is 4.79 Å². The Hall–Kier alpha value is -3.12. The van der Waals surface area contributed by atoms with Crippen molar-refractivity contribution in [1.82, 2.24) is 10.4 Å². The summed E-state index contributed by atoms with van der Waals surface area (Å²) in [4.78, 5) is 16.2. The van der Waals surface area contributed by atoms with E-state index >= 15 is 0 Å². The summed E-state index contributed by atoms with van der Waals surface area (Å²) in [5, 5.41) is 8.22. The van der Waals surface area contributed by atoms with Gasteiger partial charge >= 0.3 is 0 Å². The Labute approximate surface area is 155 Å². The Morgan fingerprint density at radius 2 is 2.00 bits per heavy atom. The number of hydrogen-bond acceptors (Lipinski definition) is 5. The second-order valence-corrected chi connectivity index (χ2v) is 5.77. The van der Waals surface area contributed by atoms with Crippen LogP contribution in [0, 0.1) is 0 Å². The first kappa shape index (κ1) is 17.7. The molecule has 0 radical (unpaired) electrons. The molecule has 0 aliphatic carbocycles. The minimum Gasteiger partial charge on any atom is -0.495 e. The third kappa shape index (κ3) is 4.29. The summed E-state index contributed by atoms with van der Waals surface area (Å²) < 4.78 is 5.22. The van der Waals surface area contributed by atoms with Crippen LogP contribution in [0.3, 0.4) is 0 Å². The van der Waals surface area contributed by atoms with E-state index in [9.17, 15) is 4.79 Å². The summed E-state index contributed by atoms with van der Waals surface area (Å²) in [6.45, 7) is 0.0570. The Morgan fingerprint density at radius 3 is 2.85 bits per heavy atom. The Bertz CT molecular complexity index is 959. The smallest absolute Gasteiger partial charge is 0.259 e. The number of amides is 1. The Kier molecular flexibility index (Phi) is 5.66. The number of carbonyl (C=O) groups excluding carboxylic acids is 1. The second-order valence-electron chi connectivity index (χ2n) is 5.41. The normalized spacial score (nSPS) is 10.8. The molecular formula is C19H17ClN4O2. The van der Waals surface area contributed by atoms with Crippen molar-refractivity contribution in [2.24, 2.45) is 5.10 Å². The first-order valence-corrected chi connectivity index (χ1v) is 8.29. The Morgan fingerprint density at radius 1 is 1.23 bits per heavy atom. The van der Waals surface area contributed by atoms with Gasteiger partial charge in [-0.25, -0.2) is 10.4 Å². The molecule has 0 spiro atoms. The zero-order valence-corrected chi connectivity index (χ0v) is 14.8. The van der Waals surface area contributed by atoms with Gasteiger partial charge in [-0.1, -0.05) is 41.9 Å². The summed E-state index contributed by atoms with van der Waals surface area (Å²) in [6.07, 6.45) is 1.47. The van der Waals surface area contributed by atoms with E-state index in [2.05, 4.69) is 20.8 Å². The van der Waals surface area contributed by atoms with Gasteiger partial charge in [-0.15, -0.1) is 0 Å². The van der Waals surface area contributed by atoms with Gasteiger partial charge in [0.05, 0.1) is 31.1 Å². The zero-order valence-electron chi connectivity index (χ0n) is 14.1. The van der Waals surface area contributed by atoms with Crippen molar-refractivity contribution in [3.05, 3.63) is 65.3 Å². The van der Waals surface area contributed by atoms with Gasteiger partial charge < -0.3 is 10.1 Å². The van der Waals surface area contributed by atoms with Crippen molar-refractivity contribution in [3.8, 4) is 5.75 Å². The molecule has 0 aliphatic rings. The molecule has 0 fully saturated rings. The fourth-order valence-corrected chi connectivity index (χ4v) is 2.57. The van der Waals surface area contributed by atoms with Gasteiger partial charge in [0.25, 0.3) is 5.91 Å². The van der Waals surface area contributed by atoms with Crippen LogP contribution in [0.25, 0.3) is 10.9 Å². The number of rotatable bonds is 6. The van der Waals surface area contributed by atoms with Crippen molar-refractivity contribution in [1.29, 1.82) is 0 Å². The van der Waals surface area contributed by atoms with Gasteiger partial charge in [-0.05, 0) is 24.3 Å². The van der Waals surface area contributed by atoms with Gasteiger partial charge in [0.1, 0.15) is 10.9 Å². The van der Waals surface area contributed by atoms with Crippen LogP contribution in [0.4, 0.5) is 5.69 Å². The van der Waals surface area contributed by atoms with Crippen LogP contribution < -0.4 is 15.5 Å². The molecule has 0 atom stereocenters. The average Bonchev–Trinajstić information content (AvgIpc) is 2.67. The predicted octanol–water partition coefficient (Wildman–Crippen LogP) is 3.46. The highest BCUT2D eigenvalue weighted by atomic mass is 35.5. The number of carbonyl (C=O) groups is 1. The van der Waals surface area contributed by atoms with E-state index in [0.29, 0.717) is 16.5 Å². The van der Waals surface area contributed by atoms with Crippen LogP contribution in [-0.4, -0.2) is 30.8 Å². The first-order chi connectivity index (χ1) is 12.7. The molecule has 2 aromatic carbocycles. The quantitative estimate of drug-likeness (QED) is 0.397. The topological polar surface area (TPSA) is 75.6 Å². The van der Waals surface area contributed by atoms with Crippen LogP contribution in [-0.2, 0) is 4.79 Å². The van der Waals surface area contributed by atoms with Gasteiger partial charge in [0.2, 0.25) is 0 Å². The molecule has 7 heteroatoms. The molecule has 3 aromatic rings. The molecule has 1 heterocycles. The molecule has 3 rings (SSSR count). The molecular weight excluding hydrogens is 352 g/mol. The lowest BCUT2D eigenvalue weighted by Crippen LogP contribution is -2.26. The third-order valence-electron chi connectivity index (χ3n) is 3.64. The maximum Gasteiger partial charge on any atom is 0.259 e. The van der Waals surface area contributed by atoms with Crippen LogP contribution in [0.1, 0.15) is 5.56 Å². The number of ether oxygens (including phenoxy) is 1. The van der Waals surface area contributed by atoms with E-state index in [4.69, 9.17) is 16.3 Å². The molecule has 0 saturated heterocycles. The van der Waals surface area contributed by atoms with Gasteiger partial charge in [-0.2, -0.15) is 5.10 Å². The molecule has 2 N–H and O–H groups in total. The Balaban J connectivity index is 1.60. The van der Waals surface area contributed by atoms with Gasteiger partial charge in [0, 0.05) is 10.9 Å². The number of hydrazone groups is 1. The summed E-state index contributed by atoms with van der Waals surface area (Å²) in [5.74, 6) is 0.370. The molecule has 0 saturated carbocycles. The highest BCUT2D eigenvalue weighted by molar-refractivity contribution is 6.32. The molecule has 0 bridgehead atoms. The number of aromatic nitrogens is 1. The van der Waals surface area contributed by atoms with Crippen molar-refractivity contribution >= 4 is 40.3 Å². The van der Waals surface area contributed by atoms with E-state index in [0.717, 1.165) is 16.6 Å². The maximum atomic E-state index is 11.9. The van der Waals surface area contributed by atoms with Crippen molar-refractivity contribution in [3.63, 3.8) is 0 Å². The number of benzene rings is 2. The average molecular weight is 369 g/mol. The summed E-state index contributed by atoms with van der Waals surface area (Å²) in [7, 11) is 1.58. The number of pyridine rings is 1. The van der Waals surface area contributed by atoms with E-state index in [1.54, 1.807) is 7.11 Å². The lowest BCUT2D eigenvalue weighted by molar-refractivity contribution is -0.119. The number of nitrogens with zero attached hydrogens (tertiary/aromatic N) is 2. The summed E-state index contributed by atoms with van der Waals surface area (Å²) in [6, 6.07) is 16.9. The summed E-state index contributed by atoms with van der Waals surface area (Å²) in [5.41, 5.74) is 4.62. The van der Waals surface area contributed by atoms with Crippen molar-refractivity contribution in [2.45, 2.75) is 0 Å². The monoisotopic (exact) mass is 368 g/mol. The maximum absolute atomic E-state index is 11.9. The van der Waals surface area contributed by atoms with Crippen LogP contribution >= 0.6 is 11.6 Å². The second kappa shape index (κ2) is 8.31. The number of hydrogen-bond donors (Lipinski definition) is 2. The van der Waals surface area contributed by atoms with E-state index in [1.165, 1.54) is 6.21 Å². The van der Waals surface area contributed by atoms with Crippen LogP contribution in [0.5, 0.6) is 5.75 Å². The standard InChI is InChI=1S/C19H17ClN4O2/c1-26-17-9-5-4-8-16(17)21-12-18(25)24-22-11-14-10-13-6-2-3-7-15(13)23-19(14)20/h2-11,21H,12H2,1H3,(H,24,25). The number of para-hydroxylation sites is 3. The number of methoxy groups -OCH3 is 1. The molecule has 0 unspecified atom stereocenters. The molecule has 26 heavy (non-hydrogen) atoms. The molecule has 1 amide bonds. The largest absolute Gasteiger partial charge is 0.495 e. The number of anilines is 1. The zero-order chi connectivity index (χ0) is 18.4. The lowest BCUT2D eigenvalue weighted by Gasteiger charge is -2.09. The van der Waals surface area contributed by atoms with Crippen molar-refractivity contribution < 1.29 is 9.53 Å². The number of fused-ring (bicyclic) bond motifs is 1. The fourth-order valence-electron chi connectivity index (χ4n) is 2.38. The van der Waals surface area contributed by atoms with Crippen LogP contribution in [0.15, 0.2) is 59.7 Å². The fraction of sp³-hybridized carbons (Fsp3) is 0.105. The molecule has 0 aliphatic heterocycles. The van der Waals surface area contributed by atoms with Gasteiger partial charge in [0.15, 0.2) is 0 Å². The SMILES string of the molecule is COc1ccccc1NCC(=O)NN=Cc1cc2ccccc2nc1Cl. The predicted molar refractivity (Wildman–Crippen MR) is 104 cm³/mol. The molecule has 132 valence electrons. The van der Waals surface area contributed by atoms with E-state index in [1.807, 2.05) is 54.6 Å². The van der Waals surface area contributed by atoms with E-state index < -0.39 is 0 Å². The summed E-state index contributed by atoms with van der Waals surface area (Å²) >= 11 is 6.15.